The third-order valence-electron chi connectivity index (χ3n) is 4.82. The Morgan fingerprint density at radius 2 is 2.04 bits per heavy atom. The van der Waals surface area contributed by atoms with Gasteiger partial charge < -0.3 is 9.64 Å². The topological polar surface area (TPSA) is 92.8 Å². The summed E-state index contributed by atoms with van der Waals surface area (Å²) in [5.41, 5.74) is -0.949. The Balaban J connectivity index is 1.56. The number of hydrogen-bond donors (Lipinski definition) is 1. The highest BCUT2D eigenvalue weighted by atomic mass is 35.5. The minimum Gasteiger partial charge on any atom is -0.482 e. The fourth-order valence-electron chi connectivity index (χ4n) is 2.90. The lowest BCUT2D eigenvalue weighted by atomic mass is 9.89. The quantitative estimate of drug-likeness (QED) is 0.740. The Morgan fingerprint density at radius 3 is 2.67 bits per heavy atom. The van der Waals surface area contributed by atoms with Crippen LogP contribution >= 0.6 is 23.2 Å². The van der Waals surface area contributed by atoms with Gasteiger partial charge in [-0.05, 0) is 44.4 Å². The molecule has 148 valence electrons. The van der Waals surface area contributed by atoms with Crippen LogP contribution in [0.2, 0.25) is 10.0 Å². The van der Waals surface area contributed by atoms with E-state index in [0.717, 1.165) is 0 Å². The van der Waals surface area contributed by atoms with Gasteiger partial charge in [0.25, 0.3) is 5.91 Å². The Labute approximate surface area is 168 Å². The summed E-state index contributed by atoms with van der Waals surface area (Å²) < 4.78 is 31.6. The number of amides is 2. The van der Waals surface area contributed by atoms with Crippen molar-refractivity contribution >= 4 is 45.0 Å². The summed E-state index contributed by atoms with van der Waals surface area (Å²) in [6, 6.07) is 4.69. The molecule has 27 heavy (non-hydrogen) atoms. The van der Waals surface area contributed by atoms with E-state index in [1.165, 1.54) is 11.0 Å². The summed E-state index contributed by atoms with van der Waals surface area (Å²) in [7, 11) is -3.61. The molecule has 1 aromatic carbocycles. The smallest absolute Gasteiger partial charge is 0.260 e. The zero-order chi connectivity index (χ0) is 19.8. The van der Waals surface area contributed by atoms with Crippen molar-refractivity contribution in [1.82, 2.24) is 9.62 Å². The first-order valence-electron chi connectivity index (χ1n) is 8.52. The number of sulfonamides is 1. The van der Waals surface area contributed by atoms with Gasteiger partial charge in [-0.1, -0.05) is 23.2 Å². The average molecular weight is 435 g/mol. The van der Waals surface area contributed by atoms with Crippen molar-refractivity contribution in [3.8, 4) is 5.75 Å². The van der Waals surface area contributed by atoms with Gasteiger partial charge in [-0.15, -0.1) is 0 Å². The lowest BCUT2D eigenvalue weighted by molar-refractivity contribution is -0.133. The molecular formula is C17H20Cl2N2O5S. The van der Waals surface area contributed by atoms with Crippen LogP contribution < -0.4 is 9.46 Å². The van der Waals surface area contributed by atoms with E-state index in [4.69, 9.17) is 27.9 Å². The maximum absolute atomic E-state index is 12.4. The second-order valence-corrected chi connectivity index (χ2v) is 9.97. The summed E-state index contributed by atoms with van der Waals surface area (Å²) in [5, 5.41) is 0.286. The van der Waals surface area contributed by atoms with Crippen LogP contribution in [0, 0.1) is 5.41 Å². The van der Waals surface area contributed by atoms with Gasteiger partial charge in [-0.2, -0.15) is 0 Å². The van der Waals surface area contributed by atoms with Crippen LogP contribution in [0.3, 0.4) is 0 Å². The molecule has 1 saturated heterocycles. The second-order valence-electron chi connectivity index (χ2n) is 7.16. The van der Waals surface area contributed by atoms with Crippen LogP contribution in [0.15, 0.2) is 18.2 Å². The van der Waals surface area contributed by atoms with Gasteiger partial charge in [0, 0.05) is 18.1 Å². The maximum atomic E-state index is 12.4. The number of ether oxygens (including phenoxy) is 1. The molecule has 0 bridgehead atoms. The molecule has 3 rings (SSSR count). The number of nitrogens with zero attached hydrogens (tertiary/aromatic N) is 1. The SMILES string of the molecule is CC1(C(=O)NS(=O)(=O)C2CC2)CCN(C(=O)COc2ccc(Cl)cc2Cl)C1. The van der Waals surface area contributed by atoms with Gasteiger partial charge in [-0.3, -0.25) is 14.3 Å². The molecule has 1 N–H and O–H groups in total. The molecule has 1 aliphatic carbocycles. The van der Waals surface area contributed by atoms with E-state index in [9.17, 15) is 18.0 Å². The van der Waals surface area contributed by atoms with Gasteiger partial charge in [0.15, 0.2) is 6.61 Å². The van der Waals surface area contributed by atoms with E-state index in [-0.39, 0.29) is 19.1 Å². The number of likely N-dealkylation sites (tertiary alicyclic amines) is 1. The van der Waals surface area contributed by atoms with Crippen molar-refractivity contribution in [3.05, 3.63) is 28.2 Å². The van der Waals surface area contributed by atoms with E-state index in [0.29, 0.717) is 41.6 Å². The number of hydrogen-bond acceptors (Lipinski definition) is 5. The molecule has 0 spiro atoms. The van der Waals surface area contributed by atoms with Crippen LogP contribution in [0.4, 0.5) is 0 Å². The zero-order valence-corrected chi connectivity index (χ0v) is 17.0. The van der Waals surface area contributed by atoms with E-state index < -0.39 is 26.6 Å². The maximum Gasteiger partial charge on any atom is 0.260 e. The largest absolute Gasteiger partial charge is 0.482 e. The summed E-state index contributed by atoms with van der Waals surface area (Å²) in [6.07, 6.45) is 1.54. The van der Waals surface area contributed by atoms with Crippen molar-refractivity contribution in [3.63, 3.8) is 0 Å². The van der Waals surface area contributed by atoms with E-state index >= 15 is 0 Å². The van der Waals surface area contributed by atoms with Crippen LogP contribution in [-0.2, 0) is 19.6 Å². The predicted molar refractivity (Wildman–Crippen MR) is 101 cm³/mol. The Morgan fingerprint density at radius 1 is 1.33 bits per heavy atom. The molecule has 0 aromatic heterocycles. The molecule has 1 aliphatic heterocycles. The van der Waals surface area contributed by atoms with E-state index in [1.807, 2.05) is 0 Å². The number of rotatable bonds is 6. The van der Waals surface area contributed by atoms with Crippen LogP contribution in [-0.4, -0.2) is 50.1 Å². The summed E-state index contributed by atoms with van der Waals surface area (Å²) in [4.78, 5) is 26.3. The van der Waals surface area contributed by atoms with Gasteiger partial charge >= 0.3 is 0 Å². The predicted octanol–water partition coefficient (Wildman–Crippen LogP) is 2.22. The van der Waals surface area contributed by atoms with Crippen LogP contribution in [0.5, 0.6) is 5.75 Å². The Bertz CT molecular complexity index is 872. The standard InChI is InChI=1S/C17H20Cl2N2O5S/c1-17(16(23)20-27(24,25)12-3-4-12)6-7-21(10-17)15(22)9-26-14-5-2-11(18)8-13(14)19/h2,5,8,12H,3-4,6-7,9-10H2,1H3,(H,20,23). The molecule has 0 radical (unpaired) electrons. The zero-order valence-electron chi connectivity index (χ0n) is 14.7. The van der Waals surface area contributed by atoms with Crippen LogP contribution in [0.1, 0.15) is 26.2 Å². The third-order valence-corrected chi connectivity index (χ3v) is 7.17. The molecule has 10 heteroatoms. The van der Waals surface area contributed by atoms with Crippen molar-refractivity contribution in [2.24, 2.45) is 5.41 Å². The average Bonchev–Trinajstić information content (AvgIpc) is 3.37. The molecule has 1 atom stereocenters. The monoisotopic (exact) mass is 434 g/mol. The number of carbonyl (C=O) groups is 2. The van der Waals surface area contributed by atoms with E-state index in [1.54, 1.807) is 19.1 Å². The molecular weight excluding hydrogens is 415 g/mol. The van der Waals surface area contributed by atoms with E-state index in [2.05, 4.69) is 4.72 Å². The molecule has 7 nitrogen and oxygen atoms in total. The molecule has 1 saturated carbocycles. The first-order valence-corrected chi connectivity index (χ1v) is 10.8. The fourth-order valence-corrected chi connectivity index (χ4v) is 4.79. The van der Waals surface area contributed by atoms with Crippen molar-refractivity contribution in [1.29, 1.82) is 0 Å². The fraction of sp³-hybridized carbons (Fsp3) is 0.529. The molecule has 2 amide bonds. The van der Waals surface area contributed by atoms with Crippen LogP contribution in [0.25, 0.3) is 0 Å². The molecule has 2 fully saturated rings. The number of benzene rings is 1. The van der Waals surface area contributed by atoms with Gasteiger partial charge in [0.05, 0.1) is 15.7 Å². The summed E-state index contributed by atoms with van der Waals surface area (Å²) in [5.74, 6) is -0.529. The molecule has 1 unspecified atom stereocenters. The minimum absolute atomic E-state index is 0.134. The van der Waals surface area contributed by atoms with Gasteiger partial charge in [0.2, 0.25) is 15.9 Å². The number of halogens is 2. The van der Waals surface area contributed by atoms with Gasteiger partial charge in [-0.25, -0.2) is 8.42 Å². The first kappa shape index (κ1) is 20.2. The lowest BCUT2D eigenvalue weighted by Gasteiger charge is -2.23. The molecule has 1 heterocycles. The Hall–Kier alpha value is -1.51. The van der Waals surface area contributed by atoms with Crippen molar-refractivity contribution < 1.29 is 22.7 Å². The Kier molecular flexibility index (Phi) is 5.61. The minimum atomic E-state index is -3.61. The normalized spacial score (nSPS) is 22.6. The highest BCUT2D eigenvalue weighted by Gasteiger charge is 2.45. The highest BCUT2D eigenvalue weighted by molar-refractivity contribution is 7.90. The summed E-state index contributed by atoms with van der Waals surface area (Å²) >= 11 is 11.8. The van der Waals surface area contributed by atoms with Crippen molar-refractivity contribution in [2.75, 3.05) is 19.7 Å². The second kappa shape index (κ2) is 7.48. The highest BCUT2D eigenvalue weighted by Crippen LogP contribution is 2.33. The third kappa shape index (κ3) is 4.67. The summed E-state index contributed by atoms with van der Waals surface area (Å²) in [6.45, 7) is 1.91. The van der Waals surface area contributed by atoms with Crippen molar-refractivity contribution in [2.45, 2.75) is 31.4 Å². The lowest BCUT2D eigenvalue weighted by Crippen LogP contribution is -2.45. The number of nitrogens with one attached hydrogen (secondary N) is 1. The van der Waals surface area contributed by atoms with Gasteiger partial charge in [0.1, 0.15) is 5.75 Å². The molecule has 2 aliphatic rings. The first-order chi connectivity index (χ1) is 12.6. The number of carbonyl (C=O) groups excluding carboxylic acids is 2. The molecule has 1 aromatic rings.